The van der Waals surface area contributed by atoms with Crippen LogP contribution in [0.25, 0.3) is 0 Å². The summed E-state index contributed by atoms with van der Waals surface area (Å²) in [6.45, 7) is 4.71. The van der Waals surface area contributed by atoms with Gasteiger partial charge in [-0.05, 0) is 38.3 Å². The van der Waals surface area contributed by atoms with Crippen molar-refractivity contribution in [1.82, 2.24) is 14.9 Å². The highest BCUT2D eigenvalue weighted by atomic mass is 32.1. The zero-order valence-corrected chi connectivity index (χ0v) is 15.3. The van der Waals surface area contributed by atoms with Crippen molar-refractivity contribution < 1.29 is 4.79 Å². The number of rotatable bonds is 5. The van der Waals surface area contributed by atoms with Crippen molar-refractivity contribution >= 4 is 17.2 Å². The van der Waals surface area contributed by atoms with E-state index in [1.54, 1.807) is 17.5 Å². The van der Waals surface area contributed by atoms with Gasteiger partial charge in [0.25, 0.3) is 0 Å². The Morgan fingerprint density at radius 1 is 1.29 bits per heavy atom. The first-order chi connectivity index (χ1) is 11.6. The molecular weight excluding hydrogens is 318 g/mol. The first-order valence-electron chi connectivity index (χ1n) is 8.75. The third kappa shape index (κ3) is 4.20. The Morgan fingerprint density at radius 2 is 2.08 bits per heavy atom. The predicted molar refractivity (Wildman–Crippen MR) is 97.0 cm³/mol. The van der Waals surface area contributed by atoms with Crippen LogP contribution in [0.2, 0.25) is 0 Å². The van der Waals surface area contributed by atoms with E-state index in [0.717, 1.165) is 34.0 Å². The van der Waals surface area contributed by atoms with Gasteiger partial charge in [0.05, 0.1) is 17.1 Å². The molecule has 0 bridgehead atoms. The van der Waals surface area contributed by atoms with Crippen LogP contribution in [0.5, 0.6) is 0 Å². The summed E-state index contributed by atoms with van der Waals surface area (Å²) in [5.74, 6) is 0.194. The molecule has 2 aromatic rings. The van der Waals surface area contributed by atoms with Crippen molar-refractivity contribution in [2.45, 2.75) is 65.0 Å². The Kier molecular flexibility index (Phi) is 5.61. The molecule has 3 rings (SSSR count). The smallest absolute Gasteiger partial charge is 0.229 e. The number of hydrogen-bond donors (Lipinski definition) is 0. The summed E-state index contributed by atoms with van der Waals surface area (Å²) >= 11 is 1.67. The number of thiazole rings is 1. The van der Waals surface area contributed by atoms with E-state index in [1.807, 2.05) is 25.3 Å². The van der Waals surface area contributed by atoms with Crippen molar-refractivity contribution in [3.05, 3.63) is 45.7 Å². The topological polar surface area (TPSA) is 46.1 Å². The quantitative estimate of drug-likeness (QED) is 0.822. The number of carbonyl (C=O) groups is 1. The third-order valence-corrected chi connectivity index (χ3v) is 5.66. The Morgan fingerprint density at radius 3 is 2.71 bits per heavy atom. The second-order valence-corrected chi connectivity index (χ2v) is 7.99. The molecule has 0 atom stereocenters. The zero-order valence-electron chi connectivity index (χ0n) is 14.5. The Labute approximate surface area is 147 Å². The summed E-state index contributed by atoms with van der Waals surface area (Å²) in [4.78, 5) is 25.0. The van der Waals surface area contributed by atoms with E-state index >= 15 is 0 Å². The maximum atomic E-state index is 13.0. The molecule has 0 aromatic carbocycles. The summed E-state index contributed by atoms with van der Waals surface area (Å²) in [7, 11) is 0. The Balaban J connectivity index is 1.77. The lowest BCUT2D eigenvalue weighted by molar-refractivity contribution is -0.134. The lowest BCUT2D eigenvalue weighted by atomic mass is 9.93. The number of carbonyl (C=O) groups excluding carboxylic acids is 1. The second-order valence-electron chi connectivity index (χ2n) is 6.59. The molecule has 0 saturated heterocycles. The first kappa shape index (κ1) is 17.1. The van der Waals surface area contributed by atoms with E-state index in [-0.39, 0.29) is 5.91 Å². The number of nitrogens with zero attached hydrogens (tertiary/aromatic N) is 3. The minimum atomic E-state index is 0.194. The molecule has 0 aliphatic heterocycles. The van der Waals surface area contributed by atoms with Gasteiger partial charge >= 0.3 is 0 Å². The van der Waals surface area contributed by atoms with Crippen LogP contribution in [-0.2, 0) is 17.8 Å². The van der Waals surface area contributed by atoms with Crippen LogP contribution in [-0.4, -0.2) is 26.8 Å². The van der Waals surface area contributed by atoms with Gasteiger partial charge in [-0.15, -0.1) is 11.3 Å². The summed E-state index contributed by atoms with van der Waals surface area (Å²) in [6, 6.07) is 4.34. The fourth-order valence-corrected chi connectivity index (χ4v) is 4.32. The van der Waals surface area contributed by atoms with Crippen LogP contribution in [0.15, 0.2) is 24.5 Å². The molecule has 1 aliphatic carbocycles. The second kappa shape index (κ2) is 7.88. The highest BCUT2D eigenvalue weighted by Crippen LogP contribution is 2.25. The fraction of sp³-hybridized carbons (Fsp3) is 0.526. The van der Waals surface area contributed by atoms with Crippen LogP contribution in [0, 0.1) is 13.8 Å². The van der Waals surface area contributed by atoms with E-state index in [2.05, 4.69) is 21.8 Å². The van der Waals surface area contributed by atoms with Gasteiger partial charge in [0, 0.05) is 29.9 Å². The summed E-state index contributed by atoms with van der Waals surface area (Å²) in [5.41, 5.74) is 2.04. The summed E-state index contributed by atoms with van der Waals surface area (Å²) in [5, 5.41) is 1.03. The molecule has 0 N–H and O–H groups in total. The third-order valence-electron chi connectivity index (χ3n) is 4.73. The Hall–Kier alpha value is -1.75. The molecule has 1 aliphatic rings. The van der Waals surface area contributed by atoms with Crippen molar-refractivity contribution in [2.75, 3.05) is 0 Å². The molecule has 0 unspecified atom stereocenters. The van der Waals surface area contributed by atoms with Crippen LogP contribution in [0.4, 0.5) is 0 Å². The highest BCUT2D eigenvalue weighted by Gasteiger charge is 2.26. The molecule has 4 nitrogen and oxygen atoms in total. The summed E-state index contributed by atoms with van der Waals surface area (Å²) < 4.78 is 0. The van der Waals surface area contributed by atoms with Gasteiger partial charge in [-0.25, -0.2) is 4.98 Å². The van der Waals surface area contributed by atoms with Gasteiger partial charge in [-0.3, -0.25) is 9.78 Å². The number of amides is 1. The average Bonchev–Trinajstić information content (AvgIpc) is 2.91. The van der Waals surface area contributed by atoms with Gasteiger partial charge < -0.3 is 4.90 Å². The van der Waals surface area contributed by atoms with Gasteiger partial charge in [0.15, 0.2) is 0 Å². The van der Waals surface area contributed by atoms with Crippen molar-refractivity contribution in [3.63, 3.8) is 0 Å². The van der Waals surface area contributed by atoms with Gasteiger partial charge in [-0.2, -0.15) is 0 Å². The van der Waals surface area contributed by atoms with Gasteiger partial charge in [-0.1, -0.05) is 25.3 Å². The molecule has 128 valence electrons. The van der Waals surface area contributed by atoms with Crippen LogP contribution >= 0.6 is 11.3 Å². The fourth-order valence-electron chi connectivity index (χ4n) is 3.48. The van der Waals surface area contributed by atoms with Gasteiger partial charge in [0.2, 0.25) is 5.91 Å². The van der Waals surface area contributed by atoms with Crippen molar-refractivity contribution in [1.29, 1.82) is 0 Å². The summed E-state index contributed by atoms with van der Waals surface area (Å²) in [6.07, 6.45) is 10.00. The SMILES string of the molecule is Cc1nc(CC(=O)N(Cc2cccnc2)C2CCCCC2)c(C)s1. The lowest BCUT2D eigenvalue weighted by Gasteiger charge is -2.34. The molecule has 2 aromatic heterocycles. The molecule has 2 heterocycles. The van der Waals surface area contributed by atoms with E-state index in [1.165, 1.54) is 19.3 Å². The number of hydrogen-bond acceptors (Lipinski definition) is 4. The molecular formula is C19H25N3OS. The Bertz CT molecular complexity index is 677. The molecule has 5 heteroatoms. The first-order valence-corrected chi connectivity index (χ1v) is 9.56. The minimum Gasteiger partial charge on any atom is -0.335 e. The predicted octanol–water partition coefficient (Wildman–Crippen LogP) is 4.06. The minimum absolute atomic E-state index is 0.194. The van der Waals surface area contributed by atoms with Crippen molar-refractivity contribution in [3.8, 4) is 0 Å². The van der Waals surface area contributed by atoms with Crippen LogP contribution in [0.3, 0.4) is 0 Å². The molecule has 1 saturated carbocycles. The maximum absolute atomic E-state index is 13.0. The molecule has 1 fully saturated rings. The molecule has 1 amide bonds. The monoisotopic (exact) mass is 343 g/mol. The van der Waals surface area contributed by atoms with E-state index < -0.39 is 0 Å². The zero-order chi connectivity index (χ0) is 16.9. The van der Waals surface area contributed by atoms with E-state index in [9.17, 15) is 4.79 Å². The normalized spacial score (nSPS) is 15.4. The maximum Gasteiger partial charge on any atom is 0.229 e. The van der Waals surface area contributed by atoms with Gasteiger partial charge in [0.1, 0.15) is 0 Å². The molecule has 0 spiro atoms. The molecule has 24 heavy (non-hydrogen) atoms. The number of aromatic nitrogens is 2. The van der Waals surface area contributed by atoms with Crippen LogP contribution < -0.4 is 0 Å². The molecule has 0 radical (unpaired) electrons. The number of aryl methyl sites for hydroxylation is 2. The lowest BCUT2D eigenvalue weighted by Crippen LogP contribution is -2.41. The largest absolute Gasteiger partial charge is 0.335 e. The van der Waals surface area contributed by atoms with E-state index in [0.29, 0.717) is 19.0 Å². The highest BCUT2D eigenvalue weighted by molar-refractivity contribution is 7.11. The standard InChI is InChI=1S/C19H25N3OS/c1-14-18(21-15(2)24-14)11-19(23)22(17-8-4-3-5-9-17)13-16-7-6-10-20-12-16/h6-7,10,12,17H,3-5,8-9,11,13H2,1-2H3. The number of pyridine rings is 1. The van der Waals surface area contributed by atoms with Crippen LogP contribution in [0.1, 0.15) is 53.2 Å². The van der Waals surface area contributed by atoms with E-state index in [4.69, 9.17) is 0 Å². The van der Waals surface area contributed by atoms with Crippen molar-refractivity contribution in [2.24, 2.45) is 0 Å². The average molecular weight is 343 g/mol.